The summed E-state index contributed by atoms with van der Waals surface area (Å²) in [4.78, 5) is 102. The van der Waals surface area contributed by atoms with Crippen molar-refractivity contribution >= 4 is 53.1 Å². The minimum absolute atomic E-state index is 0.0365. The summed E-state index contributed by atoms with van der Waals surface area (Å²) in [6.07, 6.45) is 3.97. The second kappa shape index (κ2) is 29.5. The van der Waals surface area contributed by atoms with Gasteiger partial charge in [0.2, 0.25) is 41.4 Å². The van der Waals surface area contributed by atoms with Gasteiger partial charge in [0.15, 0.2) is 0 Å². The topological polar surface area (TPSA) is 195 Å². The Morgan fingerprint density at radius 2 is 1.53 bits per heavy atom. The molecule has 0 bridgehead atoms. The number of imide groups is 1. The van der Waals surface area contributed by atoms with Gasteiger partial charge in [0.25, 0.3) is 0 Å². The molecule has 2 saturated heterocycles. The summed E-state index contributed by atoms with van der Waals surface area (Å²) < 4.78 is 12.0. The molecule has 2 aliphatic heterocycles. The number of nitrogens with zero attached hydrogens (tertiary/aromatic N) is 4. The first kappa shape index (κ1) is 60.2. The molecule has 2 heterocycles. The zero-order valence-electron chi connectivity index (χ0n) is 44.6. The highest BCUT2D eigenvalue weighted by Gasteiger charge is 2.44. The normalized spacial score (nSPS) is 20.1. The molecule has 0 spiro atoms. The van der Waals surface area contributed by atoms with E-state index in [-0.39, 0.29) is 77.7 Å². The Bertz CT molecular complexity index is 1850. The van der Waals surface area contributed by atoms with E-state index < -0.39 is 60.3 Å². The van der Waals surface area contributed by atoms with Crippen LogP contribution in [0.25, 0.3) is 0 Å². The lowest BCUT2D eigenvalue weighted by atomic mass is 9.89. The van der Waals surface area contributed by atoms with E-state index in [2.05, 4.69) is 17.6 Å². The van der Waals surface area contributed by atoms with Gasteiger partial charge in [0.1, 0.15) is 12.1 Å². The molecular weight excluding hydrogens is 913 g/mol. The molecule has 0 saturated carbocycles. The number of methoxy groups -OCH3 is 2. The van der Waals surface area contributed by atoms with Crippen molar-refractivity contribution in [1.82, 2.24) is 30.2 Å². The number of ether oxygens (including phenoxy) is 2. The first-order chi connectivity index (χ1) is 33.2. The number of rotatable bonds is 30. The number of unbranched alkanes of at least 4 members (excludes halogenated alkanes) is 3. The number of hydrogen-bond donors (Lipinski definition) is 3. The number of aliphatic hydroxyl groups is 1. The van der Waals surface area contributed by atoms with Crippen LogP contribution in [0.15, 0.2) is 30.3 Å². The molecule has 1 aromatic rings. The van der Waals surface area contributed by atoms with Crippen LogP contribution >= 0.6 is 11.8 Å². The third-order valence-electron chi connectivity index (χ3n) is 14.5. The number of thioether (sulfide) groups is 1. The molecule has 396 valence electrons. The number of carbonyl (C=O) groups is 7. The predicted octanol–water partition coefficient (Wildman–Crippen LogP) is 5.99. The summed E-state index contributed by atoms with van der Waals surface area (Å²) in [6.45, 7) is 17.9. The second-order valence-corrected chi connectivity index (χ2v) is 21.6. The maximum atomic E-state index is 14.6. The highest BCUT2D eigenvalue weighted by atomic mass is 32.2. The summed E-state index contributed by atoms with van der Waals surface area (Å²) in [5.74, 6) is -2.24. The smallest absolute Gasteiger partial charge is 0.245 e. The van der Waals surface area contributed by atoms with Gasteiger partial charge in [0.05, 0.1) is 54.0 Å². The Hall–Kier alpha value is -4.06. The quantitative estimate of drug-likeness (QED) is 0.0606. The van der Waals surface area contributed by atoms with Crippen LogP contribution in [0.4, 0.5) is 0 Å². The summed E-state index contributed by atoms with van der Waals surface area (Å²) in [6, 6.07) is 5.81. The Labute approximate surface area is 423 Å². The lowest BCUT2D eigenvalue weighted by Crippen LogP contribution is -2.60. The van der Waals surface area contributed by atoms with E-state index in [4.69, 9.17) is 9.47 Å². The monoisotopic (exact) mass is 1000 g/mol. The molecule has 2 fully saturated rings. The van der Waals surface area contributed by atoms with E-state index in [0.29, 0.717) is 50.8 Å². The van der Waals surface area contributed by atoms with Gasteiger partial charge in [-0.15, -0.1) is 11.8 Å². The van der Waals surface area contributed by atoms with Crippen molar-refractivity contribution in [1.29, 1.82) is 0 Å². The molecule has 70 heavy (non-hydrogen) atoms. The van der Waals surface area contributed by atoms with Crippen LogP contribution < -0.4 is 10.6 Å². The molecule has 7 amide bonds. The molecule has 3 rings (SSSR count). The van der Waals surface area contributed by atoms with E-state index in [9.17, 15) is 38.7 Å². The van der Waals surface area contributed by atoms with Crippen molar-refractivity contribution in [3.05, 3.63) is 35.9 Å². The number of amides is 7. The fourth-order valence-corrected chi connectivity index (χ4v) is 11.3. The number of likely N-dealkylation sites (N-methyl/N-ethyl adjacent to an activating group) is 2. The third kappa shape index (κ3) is 16.2. The summed E-state index contributed by atoms with van der Waals surface area (Å²) in [5.41, 5.74) is 0.690. The van der Waals surface area contributed by atoms with E-state index in [1.54, 1.807) is 61.6 Å². The van der Waals surface area contributed by atoms with Gasteiger partial charge >= 0.3 is 0 Å². The first-order valence-electron chi connectivity index (χ1n) is 25.8. The molecule has 2 aliphatic rings. The lowest BCUT2D eigenvalue weighted by Gasteiger charge is -2.41. The van der Waals surface area contributed by atoms with E-state index >= 15 is 0 Å². The number of benzene rings is 1. The van der Waals surface area contributed by atoms with Crippen molar-refractivity contribution in [2.24, 2.45) is 23.7 Å². The molecule has 0 aromatic heterocycles. The number of hydrogen-bond acceptors (Lipinski definition) is 11. The Morgan fingerprint density at radius 3 is 2.11 bits per heavy atom. The Morgan fingerprint density at radius 1 is 0.857 bits per heavy atom. The third-order valence-corrected chi connectivity index (χ3v) is 15.8. The highest BCUT2D eigenvalue weighted by molar-refractivity contribution is 8.00. The Kier molecular flexibility index (Phi) is 25.4. The molecule has 16 nitrogen and oxygen atoms in total. The highest BCUT2D eigenvalue weighted by Crippen LogP contribution is 2.31. The standard InChI is InChI=1S/C53H88N6O10S/c1-14-16-30-70-41-32-44(62)59(52(41)66)28-22-18-21-27-42(60)56(10)46(34(5)6)51(65)55-45(33(3)4)53(67)57(11)47(35(7)15-2)40(68-12)31-43(61)58-29-23-26-39(58)49(69-13)36(8)50(64)54-37(9)48(63)38-24-19-17-20-25-38/h17,19-20,24-25,33-37,39-41,45-49,63H,14-16,18,21-23,26-32H2,1-13H3,(H,54,64)(H,55,65)/t35-,36+,37+,39-,40+,41?,45-,46?,47-,48+,49+/m0/s1. The van der Waals surface area contributed by atoms with Gasteiger partial charge in [-0.2, -0.15) is 0 Å². The van der Waals surface area contributed by atoms with Gasteiger partial charge in [-0.25, -0.2) is 0 Å². The molecular formula is C53H88N6O10S. The van der Waals surface area contributed by atoms with Gasteiger partial charge in [-0.05, 0) is 68.1 Å². The van der Waals surface area contributed by atoms with Crippen molar-refractivity contribution in [2.75, 3.05) is 47.2 Å². The van der Waals surface area contributed by atoms with Crippen LogP contribution in [0, 0.1) is 23.7 Å². The van der Waals surface area contributed by atoms with Crippen LogP contribution in [-0.2, 0) is 43.0 Å². The van der Waals surface area contributed by atoms with Crippen LogP contribution in [-0.4, -0.2) is 161 Å². The molecule has 2 unspecified atom stereocenters. The van der Waals surface area contributed by atoms with E-state index in [1.165, 1.54) is 24.0 Å². The van der Waals surface area contributed by atoms with Crippen molar-refractivity contribution < 1.29 is 48.1 Å². The van der Waals surface area contributed by atoms with Crippen molar-refractivity contribution in [2.45, 2.75) is 187 Å². The second-order valence-electron chi connectivity index (χ2n) is 20.3. The lowest BCUT2D eigenvalue weighted by molar-refractivity contribution is -0.148. The van der Waals surface area contributed by atoms with Crippen LogP contribution in [0.3, 0.4) is 0 Å². The first-order valence-corrected chi connectivity index (χ1v) is 26.9. The molecule has 0 aliphatic carbocycles. The van der Waals surface area contributed by atoms with Crippen molar-refractivity contribution in [3.63, 3.8) is 0 Å². The molecule has 0 radical (unpaired) electrons. The van der Waals surface area contributed by atoms with E-state index in [1.807, 2.05) is 59.7 Å². The fraction of sp³-hybridized carbons (Fsp3) is 0.755. The summed E-state index contributed by atoms with van der Waals surface area (Å²) in [7, 11) is 6.36. The maximum absolute atomic E-state index is 14.6. The summed E-state index contributed by atoms with van der Waals surface area (Å²) >= 11 is 1.55. The average molecular weight is 1000 g/mol. The SMILES string of the molecule is CCCCSC1CC(=O)N(CCCCCC(=O)N(C)C(C(=O)N[C@H](C(=O)N(C)[C@@H]([C@@H](C)CC)[C@@H](CC(=O)N2CCC[C@H]2[C@H](OC)[C@@H](C)C(=O)N[C@H](C)[C@@H](O)c2ccccc2)OC)C(C)C)C(C)C)C1=O. The van der Waals surface area contributed by atoms with Crippen LogP contribution in [0.2, 0.25) is 0 Å². The van der Waals surface area contributed by atoms with Crippen molar-refractivity contribution in [3.8, 4) is 0 Å². The number of aliphatic hydroxyl groups excluding tert-OH is 1. The minimum Gasteiger partial charge on any atom is -0.386 e. The zero-order chi connectivity index (χ0) is 52.4. The maximum Gasteiger partial charge on any atom is 0.245 e. The van der Waals surface area contributed by atoms with E-state index in [0.717, 1.165) is 25.0 Å². The van der Waals surface area contributed by atoms with Gasteiger partial charge in [-0.1, -0.05) is 105 Å². The minimum atomic E-state index is -0.947. The van der Waals surface area contributed by atoms with Gasteiger partial charge in [0, 0.05) is 54.2 Å². The Balaban J connectivity index is 1.66. The zero-order valence-corrected chi connectivity index (χ0v) is 45.4. The van der Waals surface area contributed by atoms with Gasteiger partial charge in [-0.3, -0.25) is 38.5 Å². The predicted molar refractivity (Wildman–Crippen MR) is 274 cm³/mol. The van der Waals surface area contributed by atoms with Crippen LogP contribution in [0.1, 0.15) is 145 Å². The largest absolute Gasteiger partial charge is 0.386 e. The van der Waals surface area contributed by atoms with Crippen LogP contribution in [0.5, 0.6) is 0 Å². The number of likely N-dealkylation sites (tertiary alicyclic amines) is 2. The summed E-state index contributed by atoms with van der Waals surface area (Å²) in [5, 5.41) is 16.6. The molecule has 3 N–H and O–H groups in total. The molecule has 17 heteroatoms. The average Bonchev–Trinajstić information content (AvgIpc) is 3.92. The number of carbonyl (C=O) groups excluding carboxylic acids is 7. The molecule has 1 aromatic carbocycles. The number of nitrogens with one attached hydrogen (secondary N) is 2. The van der Waals surface area contributed by atoms with Gasteiger partial charge < -0.3 is 39.9 Å². The fourth-order valence-electron chi connectivity index (χ4n) is 10.0. The molecule has 11 atom stereocenters.